The highest BCUT2D eigenvalue weighted by Crippen LogP contribution is 2.28. The number of hydrogen-bond acceptors (Lipinski definition) is 3. The van der Waals surface area contributed by atoms with Gasteiger partial charge in [0.2, 0.25) is 5.78 Å². The molecule has 0 spiro atoms. The standard InChI is InChI=1S/C12H8ClF2NOS/c1-6-11(16-12(18-6)10(17)5-13)7-2-3-8(14)9(15)4-7/h2-4H,5H2,1H3. The van der Waals surface area contributed by atoms with E-state index in [1.54, 1.807) is 6.92 Å². The van der Waals surface area contributed by atoms with Crippen LogP contribution in [0.15, 0.2) is 18.2 Å². The van der Waals surface area contributed by atoms with Crippen molar-refractivity contribution in [1.82, 2.24) is 4.98 Å². The molecule has 0 unspecified atom stereocenters. The molecule has 2 aromatic rings. The molecule has 0 aliphatic heterocycles. The van der Waals surface area contributed by atoms with Gasteiger partial charge in [-0.2, -0.15) is 0 Å². The van der Waals surface area contributed by atoms with Gasteiger partial charge in [0.05, 0.1) is 11.6 Å². The third-order valence-corrected chi connectivity index (χ3v) is 3.60. The van der Waals surface area contributed by atoms with Gasteiger partial charge in [0.15, 0.2) is 16.6 Å². The molecule has 94 valence electrons. The first-order chi connectivity index (χ1) is 8.52. The van der Waals surface area contributed by atoms with Crippen LogP contribution in [0.3, 0.4) is 0 Å². The van der Waals surface area contributed by atoms with Crippen molar-refractivity contribution in [3.8, 4) is 11.3 Å². The maximum absolute atomic E-state index is 13.1. The van der Waals surface area contributed by atoms with Gasteiger partial charge in [-0.05, 0) is 25.1 Å². The average Bonchev–Trinajstić information content (AvgIpc) is 2.74. The summed E-state index contributed by atoms with van der Waals surface area (Å²) < 4.78 is 26.0. The van der Waals surface area contributed by atoms with Crippen LogP contribution in [0.1, 0.15) is 14.7 Å². The summed E-state index contributed by atoms with van der Waals surface area (Å²) in [6.45, 7) is 1.76. The first-order valence-electron chi connectivity index (χ1n) is 5.05. The summed E-state index contributed by atoms with van der Waals surface area (Å²) >= 11 is 6.64. The molecule has 1 heterocycles. The lowest BCUT2D eigenvalue weighted by molar-refractivity contribution is 0.102. The summed E-state index contributed by atoms with van der Waals surface area (Å²) in [6.07, 6.45) is 0. The summed E-state index contributed by atoms with van der Waals surface area (Å²) in [5, 5.41) is 0.280. The third kappa shape index (κ3) is 2.42. The fourth-order valence-electron chi connectivity index (χ4n) is 1.48. The number of alkyl halides is 1. The molecule has 0 aliphatic rings. The maximum atomic E-state index is 13.1. The Kier molecular flexibility index (Phi) is 3.73. The van der Waals surface area contributed by atoms with E-state index < -0.39 is 11.6 Å². The van der Waals surface area contributed by atoms with Crippen LogP contribution in [-0.4, -0.2) is 16.6 Å². The van der Waals surface area contributed by atoms with Crippen LogP contribution >= 0.6 is 22.9 Å². The number of aryl methyl sites for hydroxylation is 1. The molecule has 0 radical (unpaired) electrons. The lowest BCUT2D eigenvalue weighted by atomic mass is 10.1. The largest absolute Gasteiger partial charge is 0.290 e. The minimum atomic E-state index is -0.940. The summed E-state index contributed by atoms with van der Waals surface area (Å²) in [5.41, 5.74) is 0.920. The quantitative estimate of drug-likeness (QED) is 0.634. The minimum Gasteiger partial charge on any atom is -0.290 e. The van der Waals surface area contributed by atoms with Crippen molar-refractivity contribution in [3.05, 3.63) is 39.7 Å². The number of carbonyl (C=O) groups is 1. The molecule has 0 saturated carbocycles. The topological polar surface area (TPSA) is 30.0 Å². The Morgan fingerprint density at radius 2 is 2.11 bits per heavy atom. The summed E-state index contributed by atoms with van der Waals surface area (Å²) in [4.78, 5) is 16.3. The number of thiazole rings is 1. The molecule has 0 N–H and O–H groups in total. The van der Waals surface area contributed by atoms with Gasteiger partial charge in [-0.3, -0.25) is 4.79 Å². The number of halogens is 3. The number of nitrogens with zero attached hydrogens (tertiary/aromatic N) is 1. The number of aromatic nitrogens is 1. The zero-order chi connectivity index (χ0) is 13.3. The van der Waals surface area contributed by atoms with E-state index >= 15 is 0 Å². The van der Waals surface area contributed by atoms with Gasteiger partial charge in [0.1, 0.15) is 0 Å². The SMILES string of the molecule is Cc1sc(C(=O)CCl)nc1-c1ccc(F)c(F)c1. The van der Waals surface area contributed by atoms with E-state index in [0.29, 0.717) is 11.3 Å². The predicted molar refractivity (Wildman–Crippen MR) is 67.3 cm³/mol. The molecule has 0 fully saturated rings. The first kappa shape index (κ1) is 13.1. The monoisotopic (exact) mass is 287 g/mol. The van der Waals surface area contributed by atoms with Gasteiger partial charge < -0.3 is 0 Å². The van der Waals surface area contributed by atoms with Crippen molar-refractivity contribution in [2.24, 2.45) is 0 Å². The predicted octanol–water partition coefficient (Wildman–Crippen LogP) is 3.82. The highest BCUT2D eigenvalue weighted by atomic mass is 35.5. The van der Waals surface area contributed by atoms with Crippen molar-refractivity contribution < 1.29 is 13.6 Å². The Morgan fingerprint density at radius 1 is 1.39 bits per heavy atom. The van der Waals surface area contributed by atoms with Crippen molar-refractivity contribution in [3.63, 3.8) is 0 Å². The second-order valence-corrected chi connectivity index (χ2v) is 5.08. The van der Waals surface area contributed by atoms with Gasteiger partial charge in [0, 0.05) is 10.4 Å². The van der Waals surface area contributed by atoms with Crippen LogP contribution in [-0.2, 0) is 0 Å². The summed E-state index contributed by atoms with van der Waals surface area (Å²) in [7, 11) is 0. The Labute approximate surface area is 111 Å². The zero-order valence-corrected chi connectivity index (χ0v) is 10.9. The normalized spacial score (nSPS) is 10.7. The molecule has 0 aliphatic carbocycles. The molecule has 1 aromatic heterocycles. The molecule has 6 heteroatoms. The van der Waals surface area contributed by atoms with E-state index in [0.717, 1.165) is 17.0 Å². The minimum absolute atomic E-state index is 0.149. The molecule has 0 atom stereocenters. The van der Waals surface area contributed by atoms with E-state index in [9.17, 15) is 13.6 Å². The number of carbonyl (C=O) groups excluding carboxylic acids is 1. The van der Waals surface area contributed by atoms with Crippen LogP contribution in [0, 0.1) is 18.6 Å². The average molecular weight is 288 g/mol. The Balaban J connectivity index is 2.47. The highest BCUT2D eigenvalue weighted by Gasteiger charge is 2.15. The molecule has 2 rings (SSSR count). The van der Waals surface area contributed by atoms with E-state index in [4.69, 9.17) is 11.6 Å². The van der Waals surface area contributed by atoms with Crippen LogP contribution in [0.5, 0.6) is 0 Å². The maximum Gasteiger partial charge on any atom is 0.206 e. The fourth-order valence-corrected chi connectivity index (χ4v) is 2.56. The van der Waals surface area contributed by atoms with Gasteiger partial charge in [0.25, 0.3) is 0 Å². The van der Waals surface area contributed by atoms with Crippen LogP contribution in [0.2, 0.25) is 0 Å². The smallest absolute Gasteiger partial charge is 0.206 e. The molecule has 18 heavy (non-hydrogen) atoms. The summed E-state index contributed by atoms with van der Waals surface area (Å²) in [5.74, 6) is -2.28. The fraction of sp³-hybridized carbons (Fsp3) is 0.167. The molecule has 0 amide bonds. The number of rotatable bonds is 3. The van der Waals surface area contributed by atoms with E-state index in [-0.39, 0.29) is 16.7 Å². The molecule has 2 nitrogen and oxygen atoms in total. The van der Waals surface area contributed by atoms with Crippen molar-refractivity contribution in [1.29, 1.82) is 0 Å². The zero-order valence-electron chi connectivity index (χ0n) is 9.34. The lowest BCUT2D eigenvalue weighted by Gasteiger charge is -1.99. The van der Waals surface area contributed by atoms with Gasteiger partial charge in [-0.1, -0.05) is 0 Å². The van der Waals surface area contributed by atoms with Gasteiger partial charge in [-0.15, -0.1) is 22.9 Å². The third-order valence-electron chi connectivity index (χ3n) is 2.35. The second kappa shape index (κ2) is 5.12. The number of ketones is 1. The van der Waals surface area contributed by atoms with E-state index in [1.165, 1.54) is 17.4 Å². The van der Waals surface area contributed by atoms with Crippen LogP contribution < -0.4 is 0 Å². The Morgan fingerprint density at radius 3 is 2.72 bits per heavy atom. The van der Waals surface area contributed by atoms with Crippen LogP contribution in [0.25, 0.3) is 11.3 Å². The number of benzene rings is 1. The number of Topliss-reactive ketones (excluding diaryl/α,β-unsaturated/α-hetero) is 1. The summed E-state index contributed by atoms with van der Waals surface area (Å²) in [6, 6.07) is 3.52. The van der Waals surface area contributed by atoms with Crippen LogP contribution in [0.4, 0.5) is 8.78 Å². The molecule has 0 bridgehead atoms. The second-order valence-electron chi connectivity index (χ2n) is 3.61. The molecular formula is C12H8ClF2NOS. The van der Waals surface area contributed by atoms with Crippen molar-refractivity contribution in [2.45, 2.75) is 6.92 Å². The van der Waals surface area contributed by atoms with E-state index in [2.05, 4.69) is 4.98 Å². The molecular weight excluding hydrogens is 280 g/mol. The molecule has 0 saturated heterocycles. The van der Waals surface area contributed by atoms with Gasteiger partial charge >= 0.3 is 0 Å². The van der Waals surface area contributed by atoms with E-state index in [1.807, 2.05) is 0 Å². The Bertz CT molecular complexity index is 612. The molecule has 1 aromatic carbocycles. The lowest BCUT2D eigenvalue weighted by Crippen LogP contribution is -1.98. The van der Waals surface area contributed by atoms with Gasteiger partial charge in [-0.25, -0.2) is 13.8 Å². The highest BCUT2D eigenvalue weighted by molar-refractivity contribution is 7.14. The first-order valence-corrected chi connectivity index (χ1v) is 6.40. The van der Waals surface area contributed by atoms with Crippen molar-refractivity contribution in [2.75, 3.05) is 5.88 Å². The Hall–Kier alpha value is -1.33. The number of hydrogen-bond donors (Lipinski definition) is 0. The van der Waals surface area contributed by atoms with Crippen molar-refractivity contribution >= 4 is 28.7 Å².